The van der Waals surface area contributed by atoms with Gasteiger partial charge in [-0.3, -0.25) is 20.3 Å². The third-order valence-corrected chi connectivity index (χ3v) is 4.34. The lowest BCUT2D eigenvalue weighted by Gasteiger charge is -2.18. The van der Waals surface area contributed by atoms with Crippen LogP contribution < -0.4 is 16.6 Å². The van der Waals surface area contributed by atoms with Gasteiger partial charge in [0.1, 0.15) is 5.15 Å². The van der Waals surface area contributed by atoms with Crippen LogP contribution in [-0.4, -0.2) is 15.8 Å². The molecule has 1 aromatic heterocycles. The highest BCUT2D eigenvalue weighted by molar-refractivity contribution is 6.30. The Morgan fingerprint density at radius 2 is 1.93 bits per heavy atom. The quantitative estimate of drug-likeness (QED) is 0.203. The fourth-order valence-corrected chi connectivity index (χ4v) is 2.94. The van der Waals surface area contributed by atoms with Crippen molar-refractivity contribution < 1.29 is 9.72 Å². The zero-order chi connectivity index (χ0) is 19.6. The van der Waals surface area contributed by atoms with E-state index >= 15 is 0 Å². The molecule has 1 atom stereocenters. The van der Waals surface area contributed by atoms with Gasteiger partial charge in [-0.25, -0.2) is 10.8 Å². The summed E-state index contributed by atoms with van der Waals surface area (Å²) in [5, 5.41) is 15.1. The van der Waals surface area contributed by atoms with Crippen LogP contribution in [-0.2, 0) is 0 Å². The minimum atomic E-state index is -0.442. The lowest BCUT2D eigenvalue weighted by atomic mass is 10.1. The van der Waals surface area contributed by atoms with Crippen LogP contribution in [0, 0.1) is 10.1 Å². The summed E-state index contributed by atoms with van der Waals surface area (Å²) in [6.07, 6.45) is 0. The molecule has 0 aliphatic rings. The molecule has 27 heavy (non-hydrogen) atoms. The number of nitro groups is 1. The molecule has 0 saturated carbocycles. The van der Waals surface area contributed by atoms with Crippen LogP contribution in [0.5, 0.6) is 0 Å². The Labute approximate surface area is 159 Å². The van der Waals surface area contributed by atoms with E-state index in [9.17, 15) is 14.9 Å². The summed E-state index contributed by atoms with van der Waals surface area (Å²) in [4.78, 5) is 26.4. The normalized spacial score (nSPS) is 11.8. The number of hydrogen-bond donors (Lipinski definition) is 3. The maximum atomic E-state index is 11.8. The van der Waals surface area contributed by atoms with E-state index in [-0.39, 0.29) is 11.7 Å². The maximum absolute atomic E-state index is 11.8. The number of pyridine rings is 1. The van der Waals surface area contributed by atoms with Crippen molar-refractivity contribution in [1.82, 2.24) is 10.4 Å². The SMILES string of the molecule is CC(Nc1cc(Cl)nc2ccc(C(=O)NN)cc12)c1ccc([N+](=O)[O-])cc1. The molecule has 138 valence electrons. The van der Waals surface area contributed by atoms with Gasteiger partial charge in [-0.2, -0.15) is 0 Å². The number of nitrogen functional groups attached to an aromatic ring is 1. The first-order valence-corrected chi connectivity index (χ1v) is 8.39. The van der Waals surface area contributed by atoms with Gasteiger partial charge >= 0.3 is 0 Å². The highest BCUT2D eigenvalue weighted by Crippen LogP contribution is 2.30. The van der Waals surface area contributed by atoms with Crippen LogP contribution in [0.25, 0.3) is 10.9 Å². The van der Waals surface area contributed by atoms with E-state index in [4.69, 9.17) is 17.4 Å². The molecule has 0 spiro atoms. The molecule has 4 N–H and O–H groups in total. The number of halogens is 1. The highest BCUT2D eigenvalue weighted by Gasteiger charge is 2.13. The largest absolute Gasteiger partial charge is 0.378 e. The number of nitrogens with two attached hydrogens (primary N) is 1. The Hall–Kier alpha value is -3.23. The van der Waals surface area contributed by atoms with Gasteiger partial charge in [-0.15, -0.1) is 0 Å². The Kier molecular flexibility index (Phi) is 5.20. The van der Waals surface area contributed by atoms with E-state index in [1.807, 2.05) is 6.92 Å². The first-order valence-electron chi connectivity index (χ1n) is 8.01. The van der Waals surface area contributed by atoms with Crippen LogP contribution in [0.15, 0.2) is 48.5 Å². The molecule has 0 aliphatic heterocycles. The maximum Gasteiger partial charge on any atom is 0.269 e. The summed E-state index contributed by atoms with van der Waals surface area (Å²) in [6, 6.07) is 12.7. The van der Waals surface area contributed by atoms with Crippen LogP contribution in [0.4, 0.5) is 11.4 Å². The van der Waals surface area contributed by atoms with Crippen molar-refractivity contribution in [2.24, 2.45) is 5.84 Å². The summed E-state index contributed by atoms with van der Waals surface area (Å²) in [6.45, 7) is 1.91. The standard InChI is InChI=1S/C18H16ClN5O3/c1-10(11-2-5-13(6-3-11)24(26)27)21-16-9-17(19)22-15-7-4-12(8-14(15)16)18(25)23-20/h2-10H,20H2,1H3,(H,21,22)(H,23,25). The molecule has 0 aliphatic carbocycles. The minimum absolute atomic E-state index is 0.0285. The van der Waals surface area contributed by atoms with Gasteiger partial charge in [0.2, 0.25) is 0 Å². The molecule has 2 aromatic carbocycles. The van der Waals surface area contributed by atoms with Crippen molar-refractivity contribution in [1.29, 1.82) is 0 Å². The number of fused-ring (bicyclic) bond motifs is 1. The lowest BCUT2D eigenvalue weighted by Crippen LogP contribution is -2.29. The Morgan fingerprint density at radius 1 is 1.22 bits per heavy atom. The third kappa shape index (κ3) is 3.97. The predicted octanol–water partition coefficient (Wildman–Crippen LogP) is 3.57. The van der Waals surface area contributed by atoms with Crippen LogP contribution in [0.2, 0.25) is 5.15 Å². The second-order valence-corrected chi connectivity index (χ2v) is 6.30. The molecule has 3 rings (SSSR count). The minimum Gasteiger partial charge on any atom is -0.378 e. The van der Waals surface area contributed by atoms with Crippen molar-refractivity contribution in [2.75, 3.05) is 5.32 Å². The Balaban J connectivity index is 1.97. The van der Waals surface area contributed by atoms with Crippen LogP contribution in [0.1, 0.15) is 28.9 Å². The first kappa shape index (κ1) is 18.6. The number of aromatic nitrogens is 1. The number of anilines is 1. The molecule has 0 saturated heterocycles. The molecule has 0 radical (unpaired) electrons. The number of non-ortho nitro benzene ring substituents is 1. The number of amides is 1. The van der Waals surface area contributed by atoms with E-state index < -0.39 is 10.8 Å². The van der Waals surface area contributed by atoms with Gasteiger partial charge < -0.3 is 5.32 Å². The number of nitro benzene ring substituents is 1. The number of hydrogen-bond acceptors (Lipinski definition) is 6. The second kappa shape index (κ2) is 7.56. The third-order valence-electron chi connectivity index (χ3n) is 4.15. The summed E-state index contributed by atoms with van der Waals surface area (Å²) >= 11 is 6.11. The van der Waals surface area contributed by atoms with Gasteiger partial charge in [0.05, 0.1) is 10.4 Å². The smallest absolute Gasteiger partial charge is 0.269 e. The molecule has 9 heteroatoms. The van der Waals surface area contributed by atoms with Crippen molar-refractivity contribution in [3.05, 3.63) is 74.9 Å². The first-order chi connectivity index (χ1) is 12.9. The molecule has 0 fully saturated rings. The van der Waals surface area contributed by atoms with Gasteiger partial charge in [-0.1, -0.05) is 23.7 Å². The fourth-order valence-electron chi connectivity index (χ4n) is 2.74. The monoisotopic (exact) mass is 385 g/mol. The van der Waals surface area contributed by atoms with E-state index in [2.05, 4.69) is 15.7 Å². The van der Waals surface area contributed by atoms with Gasteiger partial charge in [0, 0.05) is 34.8 Å². The van der Waals surface area contributed by atoms with E-state index in [0.29, 0.717) is 27.3 Å². The molecule has 3 aromatic rings. The number of benzene rings is 2. The Morgan fingerprint density at radius 3 is 2.56 bits per heavy atom. The Bertz CT molecular complexity index is 1020. The zero-order valence-electron chi connectivity index (χ0n) is 14.3. The van der Waals surface area contributed by atoms with Crippen molar-refractivity contribution in [3.63, 3.8) is 0 Å². The van der Waals surface area contributed by atoms with E-state index in [1.54, 1.807) is 36.4 Å². The predicted molar refractivity (Wildman–Crippen MR) is 104 cm³/mol. The molecule has 1 amide bonds. The summed E-state index contributed by atoms with van der Waals surface area (Å²) in [7, 11) is 0. The highest BCUT2D eigenvalue weighted by atomic mass is 35.5. The van der Waals surface area contributed by atoms with Crippen LogP contribution >= 0.6 is 11.6 Å². The number of rotatable bonds is 5. The molecule has 8 nitrogen and oxygen atoms in total. The number of nitrogens with one attached hydrogen (secondary N) is 2. The van der Waals surface area contributed by atoms with E-state index in [0.717, 1.165) is 5.56 Å². The number of nitrogens with zero attached hydrogens (tertiary/aromatic N) is 2. The summed E-state index contributed by atoms with van der Waals surface area (Å²) in [5.41, 5.74) is 4.68. The van der Waals surface area contributed by atoms with Gasteiger partial charge in [-0.05, 0) is 36.8 Å². The van der Waals surface area contributed by atoms with Crippen molar-refractivity contribution in [3.8, 4) is 0 Å². The summed E-state index contributed by atoms with van der Waals surface area (Å²) < 4.78 is 0. The fraction of sp³-hybridized carbons (Fsp3) is 0.111. The van der Waals surface area contributed by atoms with Gasteiger partial charge in [0.15, 0.2) is 0 Å². The van der Waals surface area contributed by atoms with Crippen LogP contribution in [0.3, 0.4) is 0 Å². The van der Waals surface area contributed by atoms with Crippen molar-refractivity contribution in [2.45, 2.75) is 13.0 Å². The van der Waals surface area contributed by atoms with Gasteiger partial charge in [0.25, 0.3) is 11.6 Å². The summed E-state index contributed by atoms with van der Waals surface area (Å²) in [5.74, 6) is 4.79. The second-order valence-electron chi connectivity index (χ2n) is 5.91. The molecule has 1 unspecified atom stereocenters. The molecular weight excluding hydrogens is 370 g/mol. The number of carbonyl (C=O) groups is 1. The average Bonchev–Trinajstić information content (AvgIpc) is 2.67. The molecule has 1 heterocycles. The average molecular weight is 386 g/mol. The number of hydrazine groups is 1. The molecule has 0 bridgehead atoms. The zero-order valence-corrected chi connectivity index (χ0v) is 15.0. The topological polar surface area (TPSA) is 123 Å². The lowest BCUT2D eigenvalue weighted by molar-refractivity contribution is -0.384. The van der Waals surface area contributed by atoms with Crippen molar-refractivity contribution >= 4 is 39.8 Å². The van der Waals surface area contributed by atoms with E-state index in [1.165, 1.54) is 12.1 Å². The number of carbonyl (C=O) groups excluding carboxylic acids is 1. The molecular formula is C18H16ClN5O3.